The molecular weight excluding hydrogens is 198 g/mol. The third-order valence-electron chi connectivity index (χ3n) is 1.59. The maximum Gasteiger partial charge on any atom is 0.325 e. The monoisotopic (exact) mass is 211 g/mol. The Balaban J connectivity index is 2.67. The number of carboxylic acids is 1. The number of nitrogens with one attached hydrogen (secondary N) is 1. The van der Waals surface area contributed by atoms with Gasteiger partial charge in [0.25, 0.3) is 5.91 Å². The molecule has 0 radical (unpaired) electrons. The molecule has 6 heteroatoms. The Kier molecular flexibility index (Phi) is 3.43. The summed E-state index contributed by atoms with van der Waals surface area (Å²) < 4.78 is 1.21. The van der Waals surface area contributed by atoms with Crippen LogP contribution in [0.15, 0.2) is 12.3 Å². The summed E-state index contributed by atoms with van der Waals surface area (Å²) in [6.07, 6.45) is 1.46. The van der Waals surface area contributed by atoms with E-state index >= 15 is 0 Å². The third-order valence-corrected chi connectivity index (χ3v) is 1.59. The van der Waals surface area contributed by atoms with Crippen LogP contribution in [0.5, 0.6) is 0 Å². The summed E-state index contributed by atoms with van der Waals surface area (Å²) in [6, 6.07) is 1.52. The molecule has 1 amide bonds. The fourth-order valence-electron chi connectivity index (χ4n) is 1.05. The first-order chi connectivity index (χ1) is 6.99. The van der Waals surface area contributed by atoms with E-state index in [1.807, 2.05) is 13.8 Å². The summed E-state index contributed by atoms with van der Waals surface area (Å²) in [4.78, 5) is 21.8. The molecule has 0 atom stereocenters. The van der Waals surface area contributed by atoms with Crippen LogP contribution in [0.3, 0.4) is 0 Å². The molecule has 0 bridgehead atoms. The second-order valence-electron chi connectivity index (χ2n) is 3.42. The van der Waals surface area contributed by atoms with E-state index < -0.39 is 5.97 Å². The van der Waals surface area contributed by atoms with Crippen LogP contribution >= 0.6 is 0 Å². The van der Waals surface area contributed by atoms with Crippen molar-refractivity contribution in [2.75, 3.05) is 0 Å². The zero-order valence-electron chi connectivity index (χ0n) is 8.60. The van der Waals surface area contributed by atoms with Crippen LogP contribution in [0.1, 0.15) is 24.3 Å². The number of aliphatic carboxylic acids is 1. The minimum atomic E-state index is -0.992. The van der Waals surface area contributed by atoms with E-state index in [0.29, 0.717) is 0 Å². The van der Waals surface area contributed by atoms with Crippen molar-refractivity contribution >= 4 is 11.9 Å². The van der Waals surface area contributed by atoms with Crippen molar-refractivity contribution in [2.45, 2.75) is 26.4 Å². The predicted octanol–water partition coefficient (Wildman–Crippen LogP) is 0.106. The Morgan fingerprint density at radius 1 is 1.60 bits per heavy atom. The molecule has 0 aliphatic heterocycles. The van der Waals surface area contributed by atoms with Crippen LogP contribution in [0, 0.1) is 0 Å². The maximum absolute atomic E-state index is 11.4. The van der Waals surface area contributed by atoms with Crippen LogP contribution in [0.4, 0.5) is 0 Å². The van der Waals surface area contributed by atoms with Gasteiger partial charge in [-0.1, -0.05) is 0 Å². The summed E-state index contributed by atoms with van der Waals surface area (Å²) in [6.45, 7) is 3.44. The van der Waals surface area contributed by atoms with Crippen molar-refractivity contribution < 1.29 is 14.7 Å². The molecule has 0 unspecified atom stereocenters. The SMILES string of the molecule is CC(C)NC(=O)c1ccn(CC(=O)O)n1. The molecule has 0 spiro atoms. The molecule has 1 heterocycles. The number of aromatic nitrogens is 2. The van der Waals surface area contributed by atoms with Gasteiger partial charge in [0, 0.05) is 12.2 Å². The highest BCUT2D eigenvalue weighted by molar-refractivity contribution is 5.92. The Morgan fingerprint density at radius 2 is 2.27 bits per heavy atom. The van der Waals surface area contributed by atoms with E-state index in [9.17, 15) is 9.59 Å². The smallest absolute Gasteiger partial charge is 0.325 e. The van der Waals surface area contributed by atoms with E-state index in [-0.39, 0.29) is 24.2 Å². The first kappa shape index (κ1) is 11.2. The van der Waals surface area contributed by atoms with Gasteiger partial charge < -0.3 is 10.4 Å². The number of nitrogens with zero attached hydrogens (tertiary/aromatic N) is 2. The van der Waals surface area contributed by atoms with Crippen LogP contribution in [-0.2, 0) is 11.3 Å². The standard InChI is InChI=1S/C9H13N3O3/c1-6(2)10-9(15)7-3-4-12(11-7)5-8(13)14/h3-4,6H,5H2,1-2H3,(H,10,15)(H,13,14). The van der Waals surface area contributed by atoms with Gasteiger partial charge in [0.05, 0.1) is 0 Å². The average molecular weight is 211 g/mol. The van der Waals surface area contributed by atoms with Crippen LogP contribution < -0.4 is 5.32 Å². The molecule has 0 aromatic carbocycles. The predicted molar refractivity (Wildman–Crippen MR) is 52.5 cm³/mol. The minimum Gasteiger partial charge on any atom is -0.480 e. The first-order valence-electron chi connectivity index (χ1n) is 4.55. The fraction of sp³-hybridized carbons (Fsp3) is 0.444. The molecule has 0 saturated heterocycles. The Hall–Kier alpha value is -1.85. The molecule has 6 nitrogen and oxygen atoms in total. The van der Waals surface area contributed by atoms with E-state index in [1.165, 1.54) is 16.9 Å². The zero-order chi connectivity index (χ0) is 11.4. The van der Waals surface area contributed by atoms with E-state index in [1.54, 1.807) is 0 Å². The average Bonchev–Trinajstić information content (AvgIpc) is 2.50. The molecule has 0 aliphatic carbocycles. The van der Waals surface area contributed by atoms with Gasteiger partial charge in [-0.2, -0.15) is 5.10 Å². The van der Waals surface area contributed by atoms with Gasteiger partial charge in [-0.25, -0.2) is 0 Å². The van der Waals surface area contributed by atoms with Crippen molar-refractivity contribution in [1.82, 2.24) is 15.1 Å². The lowest BCUT2D eigenvalue weighted by atomic mass is 10.3. The fourth-order valence-corrected chi connectivity index (χ4v) is 1.05. The largest absolute Gasteiger partial charge is 0.480 e. The Morgan fingerprint density at radius 3 is 2.80 bits per heavy atom. The number of carbonyl (C=O) groups excluding carboxylic acids is 1. The second-order valence-corrected chi connectivity index (χ2v) is 3.42. The number of rotatable bonds is 4. The molecule has 2 N–H and O–H groups in total. The number of amides is 1. The highest BCUT2D eigenvalue weighted by atomic mass is 16.4. The number of hydrogen-bond donors (Lipinski definition) is 2. The van der Waals surface area contributed by atoms with Gasteiger partial charge in [0.15, 0.2) is 0 Å². The lowest BCUT2D eigenvalue weighted by molar-refractivity contribution is -0.137. The molecule has 1 aromatic heterocycles. The topological polar surface area (TPSA) is 84.2 Å². The lowest BCUT2D eigenvalue weighted by Crippen LogP contribution is -2.30. The summed E-state index contributed by atoms with van der Waals surface area (Å²) in [7, 11) is 0. The van der Waals surface area contributed by atoms with Gasteiger partial charge >= 0.3 is 5.97 Å². The second kappa shape index (κ2) is 4.59. The maximum atomic E-state index is 11.4. The van der Waals surface area contributed by atoms with Gasteiger partial charge in [0.1, 0.15) is 12.2 Å². The van der Waals surface area contributed by atoms with Gasteiger partial charge in [0.2, 0.25) is 0 Å². The molecule has 0 aliphatic rings. The highest BCUT2D eigenvalue weighted by Crippen LogP contribution is 1.96. The molecular formula is C9H13N3O3. The first-order valence-corrected chi connectivity index (χ1v) is 4.55. The Labute approximate surface area is 86.9 Å². The van der Waals surface area contributed by atoms with Gasteiger partial charge in [-0.05, 0) is 19.9 Å². The molecule has 0 fully saturated rings. The van der Waals surface area contributed by atoms with Crippen molar-refractivity contribution in [2.24, 2.45) is 0 Å². The molecule has 15 heavy (non-hydrogen) atoms. The summed E-state index contributed by atoms with van der Waals surface area (Å²) in [5.41, 5.74) is 0.227. The molecule has 1 aromatic rings. The number of carboxylic acid groups (broad SMARTS) is 1. The molecule has 82 valence electrons. The van der Waals surface area contributed by atoms with Crippen LogP contribution in [0.25, 0.3) is 0 Å². The highest BCUT2D eigenvalue weighted by Gasteiger charge is 2.10. The normalized spacial score (nSPS) is 10.3. The van der Waals surface area contributed by atoms with Crippen molar-refractivity contribution in [3.8, 4) is 0 Å². The summed E-state index contributed by atoms with van der Waals surface area (Å²) >= 11 is 0. The van der Waals surface area contributed by atoms with Crippen molar-refractivity contribution in [3.05, 3.63) is 18.0 Å². The van der Waals surface area contributed by atoms with E-state index in [2.05, 4.69) is 10.4 Å². The summed E-state index contributed by atoms with van der Waals surface area (Å²) in [5.74, 6) is -1.29. The van der Waals surface area contributed by atoms with Crippen molar-refractivity contribution in [3.63, 3.8) is 0 Å². The molecule has 0 saturated carbocycles. The number of carbonyl (C=O) groups is 2. The Bertz CT molecular complexity index is 370. The quantitative estimate of drug-likeness (QED) is 0.740. The van der Waals surface area contributed by atoms with Crippen molar-refractivity contribution in [1.29, 1.82) is 0 Å². The zero-order valence-corrected chi connectivity index (χ0v) is 8.60. The van der Waals surface area contributed by atoms with Gasteiger partial charge in [-0.3, -0.25) is 14.3 Å². The lowest BCUT2D eigenvalue weighted by Gasteiger charge is -2.05. The van der Waals surface area contributed by atoms with E-state index in [0.717, 1.165) is 0 Å². The van der Waals surface area contributed by atoms with E-state index in [4.69, 9.17) is 5.11 Å². The summed E-state index contributed by atoms with van der Waals surface area (Å²) in [5, 5.41) is 15.0. The minimum absolute atomic E-state index is 0.0297. The number of hydrogen-bond acceptors (Lipinski definition) is 3. The van der Waals surface area contributed by atoms with Crippen LogP contribution in [-0.4, -0.2) is 32.8 Å². The van der Waals surface area contributed by atoms with Gasteiger partial charge in [-0.15, -0.1) is 0 Å². The molecule has 1 rings (SSSR count). The third kappa shape index (κ3) is 3.41. The van der Waals surface area contributed by atoms with Crippen LogP contribution in [0.2, 0.25) is 0 Å².